The summed E-state index contributed by atoms with van der Waals surface area (Å²) in [7, 11) is 1.79. The van der Waals surface area contributed by atoms with Gasteiger partial charge in [-0.25, -0.2) is 0 Å². The lowest BCUT2D eigenvalue weighted by molar-refractivity contribution is 0.102. The van der Waals surface area contributed by atoms with Crippen molar-refractivity contribution in [3.8, 4) is 5.75 Å². The van der Waals surface area contributed by atoms with Crippen LogP contribution in [0.25, 0.3) is 0 Å². The number of carbonyl (C=O) groups is 1. The number of amides is 1. The number of hydrogen-bond donors (Lipinski definition) is 1. The Kier molecular flexibility index (Phi) is 3.85. The van der Waals surface area contributed by atoms with Crippen LogP contribution < -0.4 is 10.1 Å². The fraction of sp³-hybridized carbons (Fsp3) is 0.286. The van der Waals surface area contributed by atoms with Crippen LogP contribution in [0, 0.1) is 6.92 Å². The van der Waals surface area contributed by atoms with E-state index < -0.39 is 0 Å². The highest BCUT2D eigenvalue weighted by Gasteiger charge is 2.14. The molecule has 1 amide bonds. The molecule has 0 fully saturated rings. The first-order chi connectivity index (χ1) is 9.11. The number of aromatic nitrogens is 2. The van der Waals surface area contributed by atoms with Gasteiger partial charge >= 0.3 is 0 Å². The van der Waals surface area contributed by atoms with Crippen molar-refractivity contribution in [2.75, 3.05) is 11.9 Å². The molecule has 0 unspecified atom stereocenters. The summed E-state index contributed by atoms with van der Waals surface area (Å²) in [5.74, 6) is 0.484. The van der Waals surface area contributed by atoms with Crippen molar-refractivity contribution < 1.29 is 9.53 Å². The van der Waals surface area contributed by atoms with Crippen LogP contribution in [0.15, 0.2) is 30.5 Å². The average molecular weight is 259 g/mol. The van der Waals surface area contributed by atoms with Crippen molar-refractivity contribution in [1.29, 1.82) is 0 Å². The number of rotatable bonds is 4. The number of carbonyl (C=O) groups excluding carboxylic acids is 1. The zero-order chi connectivity index (χ0) is 13.8. The minimum absolute atomic E-state index is 0.183. The summed E-state index contributed by atoms with van der Waals surface area (Å²) in [5.41, 5.74) is 1.93. The Morgan fingerprint density at radius 2 is 2.16 bits per heavy atom. The summed E-state index contributed by atoms with van der Waals surface area (Å²) in [5, 5.41) is 7.01. The summed E-state index contributed by atoms with van der Waals surface area (Å²) in [6.07, 6.45) is 1.70. The van der Waals surface area contributed by atoms with Crippen LogP contribution in [0.2, 0.25) is 0 Å². The molecule has 100 valence electrons. The molecule has 5 nitrogen and oxygen atoms in total. The Morgan fingerprint density at radius 3 is 2.79 bits per heavy atom. The lowest BCUT2D eigenvalue weighted by Crippen LogP contribution is -2.13. The Labute approximate surface area is 112 Å². The summed E-state index contributed by atoms with van der Waals surface area (Å²) >= 11 is 0. The van der Waals surface area contributed by atoms with Crippen LogP contribution in [0.4, 0.5) is 5.69 Å². The van der Waals surface area contributed by atoms with Gasteiger partial charge in [0.2, 0.25) is 0 Å². The number of aryl methyl sites for hydroxylation is 2. The highest BCUT2D eigenvalue weighted by atomic mass is 16.5. The van der Waals surface area contributed by atoms with Crippen LogP contribution in [0.1, 0.15) is 23.0 Å². The van der Waals surface area contributed by atoms with E-state index in [1.165, 1.54) is 0 Å². The quantitative estimate of drug-likeness (QED) is 0.917. The fourth-order valence-corrected chi connectivity index (χ4v) is 1.86. The molecule has 1 N–H and O–H groups in total. The van der Waals surface area contributed by atoms with Gasteiger partial charge in [-0.2, -0.15) is 5.10 Å². The van der Waals surface area contributed by atoms with E-state index in [2.05, 4.69) is 10.4 Å². The third kappa shape index (κ3) is 2.93. The number of hydrogen-bond acceptors (Lipinski definition) is 3. The maximum absolute atomic E-state index is 12.2. The molecule has 0 aliphatic heterocycles. The highest BCUT2D eigenvalue weighted by molar-refractivity contribution is 6.05. The Bertz CT molecular complexity index is 590. The van der Waals surface area contributed by atoms with E-state index in [9.17, 15) is 4.79 Å². The van der Waals surface area contributed by atoms with Gasteiger partial charge in [0.1, 0.15) is 5.75 Å². The van der Waals surface area contributed by atoms with E-state index in [-0.39, 0.29) is 5.91 Å². The predicted octanol–water partition coefficient (Wildman–Crippen LogP) is 2.38. The fourth-order valence-electron chi connectivity index (χ4n) is 1.86. The van der Waals surface area contributed by atoms with Gasteiger partial charge in [-0.15, -0.1) is 0 Å². The first-order valence-electron chi connectivity index (χ1n) is 6.15. The second-order valence-corrected chi connectivity index (χ2v) is 4.19. The first kappa shape index (κ1) is 13.1. The van der Waals surface area contributed by atoms with Crippen molar-refractivity contribution in [3.63, 3.8) is 0 Å². The summed E-state index contributed by atoms with van der Waals surface area (Å²) in [4.78, 5) is 12.2. The van der Waals surface area contributed by atoms with Gasteiger partial charge in [0.05, 0.1) is 23.6 Å². The molecule has 0 saturated heterocycles. The minimum atomic E-state index is -0.183. The Balaban J connectivity index is 2.21. The van der Waals surface area contributed by atoms with Crippen LogP contribution >= 0.6 is 0 Å². The van der Waals surface area contributed by atoms with Gasteiger partial charge in [-0.05, 0) is 26.0 Å². The van der Waals surface area contributed by atoms with E-state index in [1.54, 1.807) is 17.9 Å². The van der Waals surface area contributed by atoms with E-state index >= 15 is 0 Å². The van der Waals surface area contributed by atoms with Crippen molar-refractivity contribution in [1.82, 2.24) is 9.78 Å². The molecule has 1 aromatic carbocycles. The molecule has 1 heterocycles. The Hall–Kier alpha value is -2.30. The maximum Gasteiger partial charge on any atom is 0.259 e. The predicted molar refractivity (Wildman–Crippen MR) is 73.5 cm³/mol. The van der Waals surface area contributed by atoms with Gasteiger partial charge < -0.3 is 10.1 Å². The van der Waals surface area contributed by atoms with Crippen LogP contribution in [-0.4, -0.2) is 22.3 Å². The van der Waals surface area contributed by atoms with E-state index in [1.807, 2.05) is 38.1 Å². The monoisotopic (exact) mass is 259 g/mol. The van der Waals surface area contributed by atoms with Crippen molar-refractivity contribution >= 4 is 11.6 Å². The normalized spacial score (nSPS) is 10.3. The van der Waals surface area contributed by atoms with Crippen LogP contribution in [0.5, 0.6) is 5.75 Å². The topological polar surface area (TPSA) is 56.1 Å². The molecule has 2 rings (SSSR count). The number of para-hydroxylation sites is 2. The molecule has 0 spiro atoms. The van der Waals surface area contributed by atoms with Crippen LogP contribution in [-0.2, 0) is 7.05 Å². The third-order valence-corrected chi connectivity index (χ3v) is 2.69. The molecule has 0 atom stereocenters. The van der Waals surface area contributed by atoms with Crippen molar-refractivity contribution in [2.45, 2.75) is 13.8 Å². The second-order valence-electron chi connectivity index (χ2n) is 4.19. The van der Waals surface area contributed by atoms with E-state index in [4.69, 9.17) is 4.74 Å². The zero-order valence-electron chi connectivity index (χ0n) is 11.3. The van der Waals surface area contributed by atoms with E-state index in [0.29, 0.717) is 29.3 Å². The highest BCUT2D eigenvalue weighted by Crippen LogP contribution is 2.24. The summed E-state index contributed by atoms with van der Waals surface area (Å²) in [6, 6.07) is 7.37. The number of benzene rings is 1. The molecule has 1 aromatic heterocycles. The molecule has 0 saturated carbocycles. The molecular weight excluding hydrogens is 242 g/mol. The third-order valence-electron chi connectivity index (χ3n) is 2.69. The SMILES string of the molecule is CCOc1ccccc1NC(=O)c1cn(C)nc1C. The van der Waals surface area contributed by atoms with Crippen molar-refractivity contribution in [2.24, 2.45) is 7.05 Å². The van der Waals surface area contributed by atoms with Crippen LogP contribution in [0.3, 0.4) is 0 Å². The minimum Gasteiger partial charge on any atom is -0.492 e. The molecule has 0 bridgehead atoms. The average Bonchev–Trinajstić information content (AvgIpc) is 2.71. The van der Waals surface area contributed by atoms with Gasteiger partial charge in [0.25, 0.3) is 5.91 Å². The molecule has 5 heteroatoms. The lowest BCUT2D eigenvalue weighted by atomic mass is 10.2. The second kappa shape index (κ2) is 5.56. The van der Waals surface area contributed by atoms with Gasteiger partial charge in [-0.1, -0.05) is 12.1 Å². The smallest absolute Gasteiger partial charge is 0.259 e. The Morgan fingerprint density at radius 1 is 1.42 bits per heavy atom. The zero-order valence-corrected chi connectivity index (χ0v) is 11.3. The maximum atomic E-state index is 12.2. The van der Waals surface area contributed by atoms with Crippen molar-refractivity contribution in [3.05, 3.63) is 41.7 Å². The van der Waals surface area contributed by atoms with Gasteiger partial charge in [0, 0.05) is 13.2 Å². The number of anilines is 1. The standard InChI is InChI=1S/C14H17N3O2/c1-4-19-13-8-6-5-7-12(13)15-14(18)11-9-17(3)16-10(11)2/h5-9H,4H2,1-3H3,(H,15,18). The lowest BCUT2D eigenvalue weighted by Gasteiger charge is -2.10. The largest absolute Gasteiger partial charge is 0.492 e. The molecule has 19 heavy (non-hydrogen) atoms. The number of nitrogens with one attached hydrogen (secondary N) is 1. The van der Waals surface area contributed by atoms with Gasteiger partial charge in [-0.3, -0.25) is 9.48 Å². The number of ether oxygens (including phenoxy) is 1. The molecule has 2 aromatic rings. The molecule has 0 aliphatic carbocycles. The molecule has 0 radical (unpaired) electrons. The molecular formula is C14H17N3O2. The summed E-state index contributed by atoms with van der Waals surface area (Å²) < 4.78 is 7.10. The molecule has 0 aliphatic rings. The number of nitrogens with zero attached hydrogens (tertiary/aromatic N) is 2. The summed E-state index contributed by atoms with van der Waals surface area (Å²) in [6.45, 7) is 4.27. The van der Waals surface area contributed by atoms with Gasteiger partial charge in [0.15, 0.2) is 0 Å². The van der Waals surface area contributed by atoms with E-state index in [0.717, 1.165) is 0 Å². The first-order valence-corrected chi connectivity index (χ1v) is 6.15.